The van der Waals surface area contributed by atoms with Crippen molar-refractivity contribution < 1.29 is 4.79 Å². The van der Waals surface area contributed by atoms with E-state index in [4.69, 9.17) is 16.6 Å². The van der Waals surface area contributed by atoms with Crippen molar-refractivity contribution in [3.63, 3.8) is 0 Å². The van der Waals surface area contributed by atoms with Crippen molar-refractivity contribution in [2.45, 2.75) is 19.3 Å². The van der Waals surface area contributed by atoms with Crippen LogP contribution in [0.3, 0.4) is 0 Å². The van der Waals surface area contributed by atoms with Gasteiger partial charge in [0.15, 0.2) is 0 Å². The second-order valence-corrected chi connectivity index (χ2v) is 8.00. The summed E-state index contributed by atoms with van der Waals surface area (Å²) in [6, 6.07) is 22.2. The first kappa shape index (κ1) is 19.5. The Bertz CT molecular complexity index is 1360. The minimum atomic E-state index is -0.386. The van der Waals surface area contributed by atoms with Gasteiger partial charge in [0, 0.05) is 23.7 Å². The largest absolute Gasteiger partial charge is 0.312 e. The summed E-state index contributed by atoms with van der Waals surface area (Å²) < 4.78 is 1.60. The number of hydrogen-bond acceptors (Lipinski definition) is 3. The van der Waals surface area contributed by atoms with Crippen molar-refractivity contribution in [1.29, 1.82) is 0 Å². The minimum Gasteiger partial charge on any atom is -0.312 e. The molecule has 1 aromatic heterocycles. The van der Waals surface area contributed by atoms with Gasteiger partial charge in [0.05, 0.1) is 22.5 Å². The van der Waals surface area contributed by atoms with E-state index in [-0.39, 0.29) is 17.4 Å². The van der Waals surface area contributed by atoms with Gasteiger partial charge in [0.2, 0.25) is 5.91 Å². The summed E-state index contributed by atoms with van der Waals surface area (Å²) in [5, 5.41) is 1.13. The number of benzene rings is 3. The molecular weight excluding hydrogens is 410 g/mol. The molecule has 1 aliphatic heterocycles. The number of para-hydroxylation sites is 2. The van der Waals surface area contributed by atoms with E-state index >= 15 is 0 Å². The summed E-state index contributed by atoms with van der Waals surface area (Å²) in [5.74, 6) is 0.202. The van der Waals surface area contributed by atoms with Gasteiger partial charge >= 0.3 is 0 Å². The molecule has 0 spiro atoms. The van der Waals surface area contributed by atoms with Crippen LogP contribution in [0.5, 0.6) is 0 Å². The molecular formula is C25H20ClN3O2. The Balaban J connectivity index is 1.70. The maximum Gasteiger partial charge on any atom is 0.265 e. The monoisotopic (exact) mass is 429 g/mol. The molecule has 6 heteroatoms. The number of carbonyl (C=O) groups is 1. The molecule has 5 rings (SSSR count). The molecule has 0 saturated carbocycles. The molecule has 1 amide bonds. The first-order chi connectivity index (χ1) is 15.1. The van der Waals surface area contributed by atoms with E-state index in [1.807, 2.05) is 49.4 Å². The Kier molecular flexibility index (Phi) is 4.83. The maximum absolute atomic E-state index is 13.5. The van der Waals surface area contributed by atoms with Crippen LogP contribution in [0.4, 0.5) is 5.69 Å². The first-order valence-corrected chi connectivity index (χ1v) is 10.6. The summed E-state index contributed by atoms with van der Waals surface area (Å²) in [5.41, 5.74) is 3.04. The van der Waals surface area contributed by atoms with Gasteiger partial charge in [-0.3, -0.25) is 14.2 Å². The van der Waals surface area contributed by atoms with Crippen LogP contribution >= 0.6 is 11.6 Å². The number of fused-ring (bicyclic) bond motifs is 2. The van der Waals surface area contributed by atoms with Gasteiger partial charge in [-0.2, -0.15) is 0 Å². The van der Waals surface area contributed by atoms with Crippen LogP contribution in [0.25, 0.3) is 16.6 Å². The third-order valence-electron chi connectivity index (χ3n) is 5.80. The minimum absolute atomic E-state index is 0.0359. The quantitative estimate of drug-likeness (QED) is 0.471. The number of rotatable bonds is 4. The zero-order chi connectivity index (χ0) is 21.5. The third-order valence-corrected chi connectivity index (χ3v) is 6.05. The predicted octanol–water partition coefficient (Wildman–Crippen LogP) is 4.73. The number of amides is 1. The number of halogens is 1. The molecule has 4 aromatic rings. The molecule has 154 valence electrons. The van der Waals surface area contributed by atoms with Gasteiger partial charge < -0.3 is 4.90 Å². The predicted molar refractivity (Wildman–Crippen MR) is 123 cm³/mol. The van der Waals surface area contributed by atoms with Gasteiger partial charge in [0.1, 0.15) is 5.82 Å². The van der Waals surface area contributed by atoms with Gasteiger partial charge in [-0.05, 0) is 55.0 Å². The fourth-order valence-corrected chi connectivity index (χ4v) is 4.47. The highest BCUT2D eigenvalue weighted by Gasteiger charge is 2.37. The molecule has 0 radical (unpaired) electrons. The van der Waals surface area contributed by atoms with Crippen LogP contribution in [-0.2, 0) is 11.2 Å². The van der Waals surface area contributed by atoms with E-state index < -0.39 is 0 Å². The Morgan fingerprint density at radius 2 is 1.65 bits per heavy atom. The molecule has 0 unspecified atom stereocenters. The lowest BCUT2D eigenvalue weighted by molar-refractivity contribution is -0.119. The number of carbonyl (C=O) groups excluding carboxylic acids is 1. The standard InChI is InChI=1S/C25H20ClN3O2/c1-2-28-22-10-6-4-7-18(22)20(24(28)30)15-23-27-21-9-5-3-8-19(21)25(31)29(23)17-13-11-16(26)12-14-17/h3-14,20H,2,15H2,1H3/t20-/m0/s1. The lowest BCUT2D eigenvalue weighted by atomic mass is 9.96. The normalized spacial score (nSPS) is 15.5. The Hall–Kier alpha value is -3.44. The molecule has 2 heterocycles. The number of aromatic nitrogens is 2. The highest BCUT2D eigenvalue weighted by Crippen LogP contribution is 2.38. The molecule has 3 aromatic carbocycles. The van der Waals surface area contributed by atoms with Crippen molar-refractivity contribution in [2.24, 2.45) is 0 Å². The van der Waals surface area contributed by atoms with Crippen molar-refractivity contribution in [3.05, 3.63) is 99.6 Å². The lowest BCUT2D eigenvalue weighted by Crippen LogP contribution is -2.31. The van der Waals surface area contributed by atoms with E-state index in [2.05, 4.69) is 0 Å². The maximum atomic E-state index is 13.5. The zero-order valence-electron chi connectivity index (χ0n) is 17.0. The smallest absolute Gasteiger partial charge is 0.265 e. The Morgan fingerprint density at radius 1 is 0.935 bits per heavy atom. The van der Waals surface area contributed by atoms with Crippen LogP contribution in [0, 0.1) is 0 Å². The van der Waals surface area contributed by atoms with Gasteiger partial charge in [-0.1, -0.05) is 41.9 Å². The lowest BCUT2D eigenvalue weighted by Gasteiger charge is -2.17. The molecule has 0 aliphatic carbocycles. The average molecular weight is 430 g/mol. The molecule has 5 nitrogen and oxygen atoms in total. The van der Waals surface area contributed by atoms with Gasteiger partial charge in [0.25, 0.3) is 5.56 Å². The van der Waals surface area contributed by atoms with Crippen molar-refractivity contribution >= 4 is 34.1 Å². The van der Waals surface area contributed by atoms with E-state index in [1.54, 1.807) is 39.8 Å². The summed E-state index contributed by atoms with van der Waals surface area (Å²) in [4.78, 5) is 33.3. The van der Waals surface area contributed by atoms with Crippen molar-refractivity contribution in [2.75, 3.05) is 11.4 Å². The molecule has 31 heavy (non-hydrogen) atoms. The molecule has 0 saturated heterocycles. The molecule has 1 atom stereocenters. The van der Waals surface area contributed by atoms with E-state index in [0.29, 0.717) is 40.4 Å². The average Bonchev–Trinajstić information content (AvgIpc) is 3.06. The van der Waals surface area contributed by atoms with E-state index in [9.17, 15) is 9.59 Å². The molecule has 1 aliphatic rings. The molecule has 0 fully saturated rings. The second-order valence-electron chi connectivity index (χ2n) is 7.56. The van der Waals surface area contributed by atoms with Gasteiger partial charge in [-0.15, -0.1) is 0 Å². The first-order valence-electron chi connectivity index (χ1n) is 10.3. The molecule has 0 N–H and O–H groups in total. The SMILES string of the molecule is CCN1C(=O)[C@@H](Cc2nc3ccccc3c(=O)n2-c2ccc(Cl)cc2)c2ccccc21. The van der Waals surface area contributed by atoms with E-state index in [1.165, 1.54) is 0 Å². The number of likely N-dealkylation sites (N-methyl/N-ethyl adjacent to an activating group) is 1. The number of anilines is 1. The van der Waals surface area contributed by atoms with E-state index in [0.717, 1.165) is 11.3 Å². The molecule has 0 bridgehead atoms. The number of hydrogen-bond donors (Lipinski definition) is 0. The summed E-state index contributed by atoms with van der Waals surface area (Å²) >= 11 is 6.07. The van der Waals surface area contributed by atoms with Crippen molar-refractivity contribution in [3.8, 4) is 5.69 Å². The Labute approximate surface area is 184 Å². The summed E-state index contributed by atoms with van der Waals surface area (Å²) in [7, 11) is 0. The van der Waals surface area contributed by atoms with Crippen LogP contribution in [0.2, 0.25) is 5.02 Å². The zero-order valence-corrected chi connectivity index (χ0v) is 17.7. The topological polar surface area (TPSA) is 55.2 Å². The van der Waals surface area contributed by atoms with Crippen LogP contribution in [0.1, 0.15) is 24.2 Å². The summed E-state index contributed by atoms with van der Waals surface area (Å²) in [6.45, 7) is 2.57. The van der Waals surface area contributed by atoms with Crippen LogP contribution in [-0.4, -0.2) is 22.0 Å². The highest BCUT2D eigenvalue weighted by atomic mass is 35.5. The highest BCUT2D eigenvalue weighted by molar-refractivity contribution is 6.30. The fourth-order valence-electron chi connectivity index (χ4n) is 4.35. The fraction of sp³-hybridized carbons (Fsp3) is 0.160. The van der Waals surface area contributed by atoms with Crippen LogP contribution < -0.4 is 10.5 Å². The summed E-state index contributed by atoms with van der Waals surface area (Å²) in [6.07, 6.45) is 0.328. The Morgan fingerprint density at radius 3 is 2.42 bits per heavy atom. The second kappa shape index (κ2) is 7.67. The number of nitrogens with zero attached hydrogens (tertiary/aromatic N) is 3. The third kappa shape index (κ3) is 3.22. The van der Waals surface area contributed by atoms with Crippen molar-refractivity contribution in [1.82, 2.24) is 9.55 Å². The van der Waals surface area contributed by atoms with Gasteiger partial charge in [-0.25, -0.2) is 4.98 Å². The van der Waals surface area contributed by atoms with Crippen LogP contribution in [0.15, 0.2) is 77.6 Å².